The molecule has 0 aliphatic heterocycles. The van der Waals surface area contributed by atoms with Crippen molar-refractivity contribution in [2.75, 3.05) is 40.5 Å². The highest BCUT2D eigenvalue weighted by Crippen LogP contribution is 2.12. The fourth-order valence-electron chi connectivity index (χ4n) is 1.77. The highest BCUT2D eigenvalue weighted by Gasteiger charge is 1.99. The monoisotopic (exact) mass is 262 g/mol. The zero-order valence-corrected chi connectivity index (χ0v) is 11.8. The van der Waals surface area contributed by atoms with E-state index in [1.165, 1.54) is 0 Å². The average Bonchev–Trinajstić information content (AvgIpc) is 2.44. The minimum atomic E-state index is 0.634. The normalized spacial score (nSPS) is 10.4. The molecule has 0 amide bonds. The van der Waals surface area contributed by atoms with Crippen molar-refractivity contribution in [3.8, 4) is 11.8 Å². The van der Waals surface area contributed by atoms with Crippen LogP contribution in [0.2, 0.25) is 0 Å². The first-order valence-electron chi connectivity index (χ1n) is 6.56. The molecule has 0 aliphatic carbocycles. The zero-order chi connectivity index (χ0) is 13.9. The summed E-state index contributed by atoms with van der Waals surface area (Å²) in [7, 11) is 3.83. The molecular weight excluding hydrogens is 240 g/mol. The van der Waals surface area contributed by atoms with Gasteiger partial charge in [0.2, 0.25) is 0 Å². The van der Waals surface area contributed by atoms with Gasteiger partial charge in [0, 0.05) is 26.8 Å². The number of hydrogen-bond acceptors (Lipinski definition) is 4. The van der Waals surface area contributed by atoms with E-state index in [4.69, 9.17) is 14.7 Å². The molecule has 4 heteroatoms. The number of nitriles is 1. The van der Waals surface area contributed by atoms with Crippen LogP contribution in [0.15, 0.2) is 24.3 Å². The van der Waals surface area contributed by atoms with Gasteiger partial charge in [-0.25, -0.2) is 0 Å². The maximum Gasteiger partial charge on any atom is 0.120 e. The summed E-state index contributed by atoms with van der Waals surface area (Å²) in [5, 5.41) is 8.79. The van der Waals surface area contributed by atoms with Gasteiger partial charge in [-0.2, -0.15) is 5.26 Å². The predicted octanol–water partition coefficient (Wildman–Crippen LogP) is 2.30. The van der Waals surface area contributed by atoms with Gasteiger partial charge in [0.25, 0.3) is 0 Å². The molecule has 0 saturated carbocycles. The third kappa shape index (κ3) is 6.80. The molecule has 1 rings (SSSR count). The maximum atomic E-state index is 8.79. The number of hydrogen-bond donors (Lipinski definition) is 0. The third-order valence-electron chi connectivity index (χ3n) is 2.80. The molecule has 0 aromatic heterocycles. The molecule has 104 valence electrons. The Labute approximate surface area is 115 Å². The van der Waals surface area contributed by atoms with Crippen molar-refractivity contribution >= 4 is 0 Å². The van der Waals surface area contributed by atoms with Crippen molar-refractivity contribution in [1.29, 1.82) is 5.26 Å². The Morgan fingerprint density at radius 1 is 1.21 bits per heavy atom. The van der Waals surface area contributed by atoms with Gasteiger partial charge in [-0.3, -0.25) is 0 Å². The van der Waals surface area contributed by atoms with Gasteiger partial charge >= 0.3 is 0 Å². The van der Waals surface area contributed by atoms with Gasteiger partial charge in [-0.1, -0.05) is 6.07 Å². The highest BCUT2D eigenvalue weighted by molar-refractivity contribution is 5.36. The standard InChI is InChI=1S/C15H22N2O2/c1-17(8-4-10-18-2)9-5-11-19-15-7-3-6-14(12-15)13-16/h3,6-7,12H,4-5,8-11H2,1-2H3. The Morgan fingerprint density at radius 2 is 1.95 bits per heavy atom. The number of rotatable bonds is 9. The Kier molecular flexibility index (Phi) is 7.64. The summed E-state index contributed by atoms with van der Waals surface area (Å²) >= 11 is 0. The fraction of sp³-hybridized carbons (Fsp3) is 0.533. The Morgan fingerprint density at radius 3 is 2.63 bits per heavy atom. The number of benzene rings is 1. The maximum absolute atomic E-state index is 8.79. The third-order valence-corrected chi connectivity index (χ3v) is 2.80. The average molecular weight is 262 g/mol. The molecule has 0 unspecified atom stereocenters. The lowest BCUT2D eigenvalue weighted by Gasteiger charge is -2.16. The molecule has 1 aromatic rings. The number of ether oxygens (including phenoxy) is 2. The van der Waals surface area contributed by atoms with Gasteiger partial charge in [-0.05, 0) is 38.1 Å². The minimum Gasteiger partial charge on any atom is -0.494 e. The quantitative estimate of drug-likeness (QED) is 0.641. The zero-order valence-electron chi connectivity index (χ0n) is 11.8. The lowest BCUT2D eigenvalue weighted by molar-refractivity contribution is 0.176. The minimum absolute atomic E-state index is 0.634. The highest BCUT2D eigenvalue weighted by atomic mass is 16.5. The first-order chi connectivity index (χ1) is 9.26. The molecule has 4 nitrogen and oxygen atoms in total. The largest absolute Gasteiger partial charge is 0.494 e. The Bertz CT molecular complexity index is 401. The fourth-order valence-corrected chi connectivity index (χ4v) is 1.77. The van der Waals surface area contributed by atoms with Gasteiger partial charge in [0.05, 0.1) is 18.2 Å². The molecule has 0 aliphatic rings. The van der Waals surface area contributed by atoms with Crippen LogP contribution in [-0.4, -0.2) is 45.4 Å². The van der Waals surface area contributed by atoms with Gasteiger partial charge in [0.1, 0.15) is 5.75 Å². The van der Waals surface area contributed by atoms with E-state index in [2.05, 4.69) is 18.0 Å². The Hall–Kier alpha value is -1.57. The van der Waals surface area contributed by atoms with E-state index in [1.807, 2.05) is 12.1 Å². The van der Waals surface area contributed by atoms with Crippen molar-refractivity contribution in [3.63, 3.8) is 0 Å². The molecule has 0 radical (unpaired) electrons. The summed E-state index contributed by atoms with van der Waals surface area (Å²) in [6.07, 6.45) is 2.03. The lowest BCUT2D eigenvalue weighted by Crippen LogP contribution is -2.23. The summed E-state index contributed by atoms with van der Waals surface area (Å²) in [5.41, 5.74) is 0.634. The van der Waals surface area contributed by atoms with Crippen molar-refractivity contribution in [1.82, 2.24) is 4.90 Å². The summed E-state index contributed by atoms with van der Waals surface area (Å²) in [4.78, 5) is 2.27. The summed E-state index contributed by atoms with van der Waals surface area (Å²) in [6.45, 7) is 3.52. The van der Waals surface area contributed by atoms with E-state index < -0.39 is 0 Å². The lowest BCUT2D eigenvalue weighted by atomic mass is 10.2. The molecule has 0 bridgehead atoms. The Balaban J connectivity index is 2.14. The molecule has 0 atom stereocenters. The van der Waals surface area contributed by atoms with Gasteiger partial charge < -0.3 is 14.4 Å². The SMILES string of the molecule is COCCCN(C)CCCOc1cccc(C#N)c1. The van der Waals surface area contributed by atoms with Crippen LogP contribution in [0.4, 0.5) is 0 Å². The van der Waals surface area contributed by atoms with Crippen molar-refractivity contribution in [3.05, 3.63) is 29.8 Å². The summed E-state index contributed by atoms with van der Waals surface area (Å²) < 4.78 is 10.6. The molecule has 0 fully saturated rings. The van der Waals surface area contributed by atoms with E-state index in [9.17, 15) is 0 Å². The van der Waals surface area contributed by atoms with Crippen molar-refractivity contribution < 1.29 is 9.47 Å². The molecule has 0 heterocycles. The second-order valence-corrected chi connectivity index (χ2v) is 4.49. The summed E-state index contributed by atoms with van der Waals surface area (Å²) in [6, 6.07) is 9.36. The van der Waals surface area contributed by atoms with Crippen molar-refractivity contribution in [2.24, 2.45) is 0 Å². The topological polar surface area (TPSA) is 45.5 Å². The molecule has 1 aromatic carbocycles. The molecule has 19 heavy (non-hydrogen) atoms. The predicted molar refractivity (Wildman–Crippen MR) is 75.3 cm³/mol. The molecule has 0 spiro atoms. The van der Waals surface area contributed by atoms with Crippen LogP contribution in [-0.2, 0) is 4.74 Å². The molecule has 0 N–H and O–H groups in total. The second kappa shape index (κ2) is 9.37. The summed E-state index contributed by atoms with van der Waals surface area (Å²) in [5.74, 6) is 0.765. The van der Waals surface area contributed by atoms with Crippen LogP contribution in [0.3, 0.4) is 0 Å². The first-order valence-corrected chi connectivity index (χ1v) is 6.56. The van der Waals surface area contributed by atoms with Crippen LogP contribution in [0, 0.1) is 11.3 Å². The first kappa shape index (κ1) is 15.5. The van der Waals surface area contributed by atoms with E-state index in [1.54, 1.807) is 19.2 Å². The molecular formula is C15H22N2O2. The van der Waals surface area contributed by atoms with E-state index >= 15 is 0 Å². The number of methoxy groups -OCH3 is 1. The van der Waals surface area contributed by atoms with Gasteiger partial charge in [0.15, 0.2) is 0 Å². The van der Waals surface area contributed by atoms with E-state index in [0.717, 1.165) is 38.3 Å². The van der Waals surface area contributed by atoms with Crippen LogP contribution < -0.4 is 4.74 Å². The van der Waals surface area contributed by atoms with Gasteiger partial charge in [-0.15, -0.1) is 0 Å². The van der Waals surface area contributed by atoms with Crippen molar-refractivity contribution in [2.45, 2.75) is 12.8 Å². The van der Waals surface area contributed by atoms with Crippen LogP contribution in [0.5, 0.6) is 5.75 Å². The second-order valence-electron chi connectivity index (χ2n) is 4.49. The van der Waals surface area contributed by atoms with Crippen LogP contribution in [0.25, 0.3) is 0 Å². The molecule has 0 saturated heterocycles. The van der Waals surface area contributed by atoms with E-state index in [-0.39, 0.29) is 0 Å². The number of nitrogens with zero attached hydrogens (tertiary/aromatic N) is 2. The van der Waals surface area contributed by atoms with Crippen LogP contribution >= 0.6 is 0 Å². The van der Waals surface area contributed by atoms with E-state index in [0.29, 0.717) is 12.2 Å². The van der Waals surface area contributed by atoms with Crippen LogP contribution in [0.1, 0.15) is 18.4 Å². The smallest absolute Gasteiger partial charge is 0.120 e.